The summed E-state index contributed by atoms with van der Waals surface area (Å²) in [6.45, 7) is 1.86. The lowest BCUT2D eigenvalue weighted by Gasteiger charge is -2.21. The van der Waals surface area contributed by atoms with E-state index >= 15 is 0 Å². The number of imidazole rings is 1. The maximum atomic E-state index is 12.5. The average Bonchev–Trinajstić information content (AvgIpc) is 3.12. The van der Waals surface area contributed by atoms with Gasteiger partial charge in [-0.25, -0.2) is 13.4 Å². The first-order valence-electron chi connectivity index (χ1n) is 8.21. The van der Waals surface area contributed by atoms with Crippen molar-refractivity contribution in [3.05, 3.63) is 53.6 Å². The molecular weight excluding hydrogens is 352 g/mol. The van der Waals surface area contributed by atoms with Crippen molar-refractivity contribution >= 4 is 38.6 Å². The predicted molar refractivity (Wildman–Crippen MR) is 101 cm³/mol. The third-order valence-electron chi connectivity index (χ3n) is 4.47. The van der Waals surface area contributed by atoms with Gasteiger partial charge in [-0.15, -0.1) is 0 Å². The minimum Gasteiger partial charge on any atom is -0.324 e. The standard InChI is InChI=1S/C18H18N4O3S/c1-11-9-13-10-12(7-8-16(13)22(11)26(2,24)25)17(23)21-18-19-14-5-3-4-6-15(14)20-18/h3-8,10-11H,9H2,1-2H3,(H2,19,20,21,23)/t11-/m1/s1. The van der Waals surface area contributed by atoms with Crippen LogP contribution in [0, 0.1) is 0 Å². The zero-order valence-electron chi connectivity index (χ0n) is 14.4. The highest BCUT2D eigenvalue weighted by Gasteiger charge is 2.32. The molecule has 1 amide bonds. The molecule has 134 valence electrons. The molecule has 0 aliphatic carbocycles. The Morgan fingerprint density at radius 3 is 2.77 bits per heavy atom. The van der Waals surface area contributed by atoms with Crippen molar-refractivity contribution in [1.29, 1.82) is 0 Å². The van der Waals surface area contributed by atoms with Crippen molar-refractivity contribution in [2.75, 3.05) is 15.9 Å². The molecule has 0 radical (unpaired) electrons. The highest BCUT2D eigenvalue weighted by Crippen LogP contribution is 2.34. The lowest BCUT2D eigenvalue weighted by molar-refractivity contribution is 0.102. The van der Waals surface area contributed by atoms with E-state index in [9.17, 15) is 13.2 Å². The molecule has 0 unspecified atom stereocenters. The molecule has 2 N–H and O–H groups in total. The Kier molecular flexibility index (Phi) is 3.73. The van der Waals surface area contributed by atoms with Crippen molar-refractivity contribution in [2.24, 2.45) is 0 Å². The third-order valence-corrected chi connectivity index (χ3v) is 5.74. The number of fused-ring (bicyclic) bond motifs is 2. The number of carbonyl (C=O) groups excluding carboxylic acids is 1. The summed E-state index contributed by atoms with van der Waals surface area (Å²) < 4.78 is 25.4. The molecule has 26 heavy (non-hydrogen) atoms. The van der Waals surface area contributed by atoms with E-state index in [0.717, 1.165) is 16.6 Å². The quantitative estimate of drug-likeness (QED) is 0.741. The lowest BCUT2D eigenvalue weighted by Crippen LogP contribution is -2.34. The van der Waals surface area contributed by atoms with Gasteiger partial charge in [-0.3, -0.25) is 14.4 Å². The number of nitrogens with zero attached hydrogens (tertiary/aromatic N) is 2. The Balaban J connectivity index is 1.61. The van der Waals surface area contributed by atoms with E-state index < -0.39 is 10.0 Å². The average molecular weight is 370 g/mol. The molecule has 0 spiro atoms. The van der Waals surface area contributed by atoms with Crippen LogP contribution in [-0.2, 0) is 16.4 Å². The summed E-state index contributed by atoms with van der Waals surface area (Å²) in [5, 5.41) is 2.75. The number of H-pyrrole nitrogens is 1. The number of sulfonamides is 1. The number of anilines is 2. The van der Waals surface area contributed by atoms with Gasteiger partial charge in [0.05, 0.1) is 23.0 Å². The monoisotopic (exact) mass is 370 g/mol. The molecule has 1 aromatic heterocycles. The van der Waals surface area contributed by atoms with Crippen LogP contribution in [0.3, 0.4) is 0 Å². The fourth-order valence-corrected chi connectivity index (χ4v) is 4.70. The highest BCUT2D eigenvalue weighted by atomic mass is 32.2. The molecule has 4 rings (SSSR count). The van der Waals surface area contributed by atoms with Crippen molar-refractivity contribution in [2.45, 2.75) is 19.4 Å². The number of hydrogen-bond acceptors (Lipinski definition) is 4. The summed E-state index contributed by atoms with van der Waals surface area (Å²) in [7, 11) is -3.34. The second kappa shape index (κ2) is 5.84. The zero-order valence-corrected chi connectivity index (χ0v) is 15.2. The van der Waals surface area contributed by atoms with Gasteiger partial charge in [-0.1, -0.05) is 12.1 Å². The number of aromatic amines is 1. The minimum atomic E-state index is -3.34. The number of aromatic nitrogens is 2. The molecule has 7 nitrogen and oxygen atoms in total. The fourth-order valence-electron chi connectivity index (χ4n) is 3.44. The number of para-hydroxylation sites is 2. The van der Waals surface area contributed by atoms with Gasteiger partial charge in [0.1, 0.15) is 0 Å². The van der Waals surface area contributed by atoms with Crippen LogP contribution in [-0.4, -0.2) is 36.6 Å². The van der Waals surface area contributed by atoms with Gasteiger partial charge in [0.25, 0.3) is 5.91 Å². The summed E-state index contributed by atoms with van der Waals surface area (Å²) in [5.74, 6) is 0.0835. The topological polar surface area (TPSA) is 95.2 Å². The van der Waals surface area contributed by atoms with Gasteiger partial charge < -0.3 is 4.98 Å². The van der Waals surface area contributed by atoms with Crippen LogP contribution in [0.4, 0.5) is 11.6 Å². The second-order valence-corrected chi connectivity index (χ2v) is 8.37. The van der Waals surface area contributed by atoms with E-state index in [2.05, 4.69) is 15.3 Å². The highest BCUT2D eigenvalue weighted by molar-refractivity contribution is 7.92. The SMILES string of the molecule is C[C@@H]1Cc2cc(C(=O)Nc3nc4ccccc4[nH]3)ccc2N1S(C)(=O)=O. The first kappa shape index (κ1) is 16.6. The molecule has 1 aliphatic heterocycles. The van der Waals surface area contributed by atoms with Crippen LogP contribution < -0.4 is 9.62 Å². The molecule has 3 aromatic rings. The van der Waals surface area contributed by atoms with Crippen molar-refractivity contribution in [3.8, 4) is 0 Å². The second-order valence-electron chi connectivity index (χ2n) is 6.51. The van der Waals surface area contributed by atoms with E-state index in [1.807, 2.05) is 31.2 Å². The van der Waals surface area contributed by atoms with Crippen LogP contribution in [0.2, 0.25) is 0 Å². The van der Waals surface area contributed by atoms with E-state index in [0.29, 0.717) is 23.6 Å². The van der Waals surface area contributed by atoms with Crippen molar-refractivity contribution in [3.63, 3.8) is 0 Å². The van der Waals surface area contributed by atoms with E-state index in [-0.39, 0.29) is 11.9 Å². The van der Waals surface area contributed by atoms with Crippen LogP contribution in [0.15, 0.2) is 42.5 Å². The summed E-state index contributed by atoms with van der Waals surface area (Å²) in [6.07, 6.45) is 1.77. The number of nitrogens with one attached hydrogen (secondary N) is 2. The van der Waals surface area contributed by atoms with Gasteiger partial charge in [0.15, 0.2) is 0 Å². The van der Waals surface area contributed by atoms with Crippen LogP contribution in [0.25, 0.3) is 11.0 Å². The maximum Gasteiger partial charge on any atom is 0.257 e. The molecule has 0 saturated heterocycles. The third kappa shape index (κ3) is 2.82. The molecule has 0 saturated carbocycles. The molecule has 2 aromatic carbocycles. The Morgan fingerprint density at radius 2 is 2.04 bits per heavy atom. The molecular formula is C18H18N4O3S. The summed E-state index contributed by atoms with van der Waals surface area (Å²) in [5.41, 5.74) is 3.57. The van der Waals surface area contributed by atoms with E-state index in [1.165, 1.54) is 10.6 Å². The Morgan fingerprint density at radius 1 is 1.27 bits per heavy atom. The number of amides is 1. The fraction of sp³-hybridized carbons (Fsp3) is 0.222. The largest absolute Gasteiger partial charge is 0.324 e. The first-order valence-corrected chi connectivity index (χ1v) is 10.1. The van der Waals surface area contributed by atoms with E-state index in [4.69, 9.17) is 0 Å². The molecule has 2 heterocycles. The number of rotatable bonds is 3. The van der Waals surface area contributed by atoms with Gasteiger partial charge in [0, 0.05) is 11.6 Å². The van der Waals surface area contributed by atoms with Gasteiger partial charge >= 0.3 is 0 Å². The molecule has 1 atom stereocenters. The van der Waals surface area contributed by atoms with Crippen molar-refractivity contribution in [1.82, 2.24) is 9.97 Å². The zero-order chi connectivity index (χ0) is 18.5. The summed E-state index contributed by atoms with van der Waals surface area (Å²) in [4.78, 5) is 19.9. The van der Waals surface area contributed by atoms with Gasteiger partial charge in [-0.2, -0.15) is 0 Å². The molecule has 0 bridgehead atoms. The Hall–Kier alpha value is -2.87. The summed E-state index contributed by atoms with van der Waals surface area (Å²) >= 11 is 0. The minimum absolute atomic E-state index is 0.159. The molecule has 1 aliphatic rings. The van der Waals surface area contributed by atoms with E-state index in [1.54, 1.807) is 18.2 Å². The smallest absolute Gasteiger partial charge is 0.257 e. The maximum absolute atomic E-state index is 12.5. The summed E-state index contributed by atoms with van der Waals surface area (Å²) in [6, 6.07) is 12.4. The van der Waals surface area contributed by atoms with Crippen LogP contribution in [0.1, 0.15) is 22.8 Å². The van der Waals surface area contributed by atoms with Crippen molar-refractivity contribution < 1.29 is 13.2 Å². The number of benzene rings is 2. The van der Waals surface area contributed by atoms with Crippen LogP contribution in [0.5, 0.6) is 0 Å². The number of hydrogen-bond donors (Lipinski definition) is 2. The van der Waals surface area contributed by atoms with Gasteiger partial charge in [-0.05, 0) is 49.2 Å². The van der Waals surface area contributed by atoms with Gasteiger partial charge in [0.2, 0.25) is 16.0 Å². The predicted octanol–water partition coefficient (Wildman–Crippen LogP) is 2.53. The molecule has 0 fully saturated rings. The first-order chi connectivity index (χ1) is 12.3. The Labute approximate surface area is 151 Å². The Bertz CT molecular complexity index is 1090. The lowest BCUT2D eigenvalue weighted by atomic mass is 10.1. The molecule has 8 heteroatoms. The number of carbonyl (C=O) groups is 1. The van der Waals surface area contributed by atoms with Crippen LogP contribution >= 0.6 is 0 Å². The normalized spacial score (nSPS) is 16.7.